The second kappa shape index (κ2) is 13.2. The van der Waals surface area contributed by atoms with Gasteiger partial charge in [0.25, 0.3) is 0 Å². The second-order valence-electron chi connectivity index (χ2n) is 4.97. The van der Waals surface area contributed by atoms with Crippen LogP contribution in [0.5, 0.6) is 5.75 Å². The van der Waals surface area contributed by atoms with E-state index in [9.17, 15) is 0 Å². The summed E-state index contributed by atoms with van der Waals surface area (Å²) in [7, 11) is 1.96. The molecule has 0 atom stereocenters. The van der Waals surface area contributed by atoms with Gasteiger partial charge in [0, 0.05) is 26.1 Å². The summed E-state index contributed by atoms with van der Waals surface area (Å²) < 4.78 is 5.91. The van der Waals surface area contributed by atoms with Crippen molar-refractivity contribution < 1.29 is 4.74 Å². The summed E-state index contributed by atoms with van der Waals surface area (Å²) in [6.07, 6.45) is 0.907. The minimum Gasteiger partial charge on any atom is -0.492 e. The van der Waals surface area contributed by atoms with E-state index in [-0.39, 0.29) is 24.8 Å². The smallest absolute Gasteiger partial charge is 0.122 e. The first-order valence-electron chi connectivity index (χ1n) is 7.50. The minimum absolute atomic E-state index is 0. The van der Waals surface area contributed by atoms with Crippen molar-refractivity contribution in [3.63, 3.8) is 0 Å². The van der Waals surface area contributed by atoms with Crippen LogP contribution in [0.1, 0.15) is 11.1 Å². The quantitative estimate of drug-likeness (QED) is 0.676. The molecule has 0 aromatic heterocycles. The highest BCUT2D eigenvalue weighted by Gasteiger charge is 2.03. The number of halogens is 2. The molecule has 23 heavy (non-hydrogen) atoms. The maximum atomic E-state index is 5.91. The van der Waals surface area contributed by atoms with Crippen molar-refractivity contribution in [2.45, 2.75) is 6.42 Å². The van der Waals surface area contributed by atoms with Crippen molar-refractivity contribution in [3.8, 4) is 5.75 Å². The maximum absolute atomic E-state index is 5.91. The van der Waals surface area contributed by atoms with Crippen LogP contribution in [0.3, 0.4) is 0 Å². The van der Waals surface area contributed by atoms with Crippen LogP contribution in [0.4, 0.5) is 0 Å². The van der Waals surface area contributed by atoms with Gasteiger partial charge in [-0.15, -0.1) is 24.8 Å². The molecule has 3 nitrogen and oxygen atoms in total. The fraction of sp³-hybridized carbons (Fsp3) is 0.333. The topological polar surface area (TPSA) is 33.3 Å². The van der Waals surface area contributed by atoms with Crippen molar-refractivity contribution in [3.05, 3.63) is 65.7 Å². The Balaban J connectivity index is 0.00000242. The molecule has 2 aromatic rings. The van der Waals surface area contributed by atoms with Gasteiger partial charge in [-0.05, 0) is 24.2 Å². The number of likely N-dealkylation sites (N-methyl/N-ethyl adjacent to an activating group) is 1. The highest BCUT2D eigenvalue weighted by Crippen LogP contribution is 2.21. The van der Waals surface area contributed by atoms with Gasteiger partial charge in [0.05, 0.1) is 0 Å². The molecule has 2 N–H and O–H groups in total. The molecule has 0 heterocycles. The molecule has 0 aliphatic rings. The molecule has 128 valence electrons. The Morgan fingerprint density at radius 2 is 1.52 bits per heavy atom. The highest BCUT2D eigenvalue weighted by molar-refractivity contribution is 5.85. The molecule has 0 saturated heterocycles. The fourth-order valence-corrected chi connectivity index (χ4v) is 2.18. The molecular weight excluding hydrogens is 331 g/mol. The molecule has 0 spiro atoms. The molecule has 0 aliphatic heterocycles. The van der Waals surface area contributed by atoms with E-state index in [1.165, 1.54) is 11.1 Å². The van der Waals surface area contributed by atoms with Gasteiger partial charge in [0.2, 0.25) is 0 Å². The monoisotopic (exact) mass is 356 g/mol. The Hall–Kier alpha value is -1.26. The molecule has 5 heteroatoms. The molecule has 0 unspecified atom stereocenters. The second-order valence-corrected chi connectivity index (χ2v) is 4.97. The molecule has 0 fully saturated rings. The molecular formula is C18H26Cl2N2O. The van der Waals surface area contributed by atoms with E-state index in [2.05, 4.69) is 47.0 Å². The molecule has 2 rings (SSSR count). The summed E-state index contributed by atoms with van der Waals surface area (Å²) in [5, 5.41) is 6.45. The zero-order chi connectivity index (χ0) is 14.8. The predicted octanol–water partition coefficient (Wildman–Crippen LogP) is 3.31. The normalized spacial score (nSPS) is 9.61. The molecule has 2 aromatic carbocycles. The van der Waals surface area contributed by atoms with Crippen LogP contribution in [-0.4, -0.2) is 33.3 Å². The van der Waals surface area contributed by atoms with E-state index < -0.39 is 0 Å². The molecule has 0 aliphatic carbocycles. The van der Waals surface area contributed by atoms with E-state index in [4.69, 9.17) is 4.74 Å². The van der Waals surface area contributed by atoms with Crippen LogP contribution in [-0.2, 0) is 6.42 Å². The van der Waals surface area contributed by atoms with Crippen LogP contribution in [0, 0.1) is 0 Å². The summed E-state index contributed by atoms with van der Waals surface area (Å²) in [6.45, 7) is 3.49. The third-order valence-corrected chi connectivity index (χ3v) is 3.30. The van der Waals surface area contributed by atoms with Gasteiger partial charge in [-0.25, -0.2) is 0 Å². The third-order valence-electron chi connectivity index (χ3n) is 3.30. The standard InChI is InChI=1S/C18H24N2O.2ClH/c1-19-11-12-20-13-14-21-18-10-6-5-9-17(18)15-16-7-3-2-4-8-16;;/h2-10,19-20H,11-15H2,1H3;2*1H. The Morgan fingerprint density at radius 3 is 2.26 bits per heavy atom. The first-order chi connectivity index (χ1) is 10.4. The summed E-state index contributed by atoms with van der Waals surface area (Å²) in [6, 6.07) is 18.8. The van der Waals surface area contributed by atoms with Gasteiger partial charge in [0.1, 0.15) is 12.4 Å². The zero-order valence-electron chi connectivity index (χ0n) is 13.5. The van der Waals surface area contributed by atoms with Crippen molar-refractivity contribution in [2.75, 3.05) is 33.3 Å². The SMILES string of the molecule is CNCCNCCOc1ccccc1Cc1ccccc1.Cl.Cl. The first kappa shape index (κ1) is 21.7. The van der Waals surface area contributed by atoms with Gasteiger partial charge in [0.15, 0.2) is 0 Å². The molecule has 0 amide bonds. The fourth-order valence-electron chi connectivity index (χ4n) is 2.18. The zero-order valence-corrected chi connectivity index (χ0v) is 15.1. The lowest BCUT2D eigenvalue weighted by atomic mass is 10.0. The Bertz CT molecular complexity index is 523. The van der Waals surface area contributed by atoms with E-state index in [1.807, 2.05) is 25.2 Å². The Labute approximate surface area is 151 Å². The van der Waals surface area contributed by atoms with Crippen LogP contribution < -0.4 is 15.4 Å². The number of ether oxygens (including phenoxy) is 1. The number of para-hydroxylation sites is 1. The summed E-state index contributed by atoms with van der Waals surface area (Å²) >= 11 is 0. The van der Waals surface area contributed by atoms with Crippen molar-refractivity contribution in [2.24, 2.45) is 0 Å². The number of hydrogen-bond donors (Lipinski definition) is 2. The van der Waals surface area contributed by atoms with Crippen LogP contribution in [0.15, 0.2) is 54.6 Å². The van der Waals surface area contributed by atoms with Crippen molar-refractivity contribution in [1.29, 1.82) is 0 Å². The lowest BCUT2D eigenvalue weighted by molar-refractivity contribution is 0.311. The number of benzene rings is 2. The highest BCUT2D eigenvalue weighted by atomic mass is 35.5. The van der Waals surface area contributed by atoms with Crippen molar-refractivity contribution in [1.82, 2.24) is 10.6 Å². The lowest BCUT2D eigenvalue weighted by Crippen LogP contribution is -2.28. The summed E-state index contributed by atoms with van der Waals surface area (Å²) in [5.74, 6) is 0.983. The Morgan fingerprint density at radius 1 is 0.826 bits per heavy atom. The lowest BCUT2D eigenvalue weighted by Gasteiger charge is -2.12. The van der Waals surface area contributed by atoms with E-state index in [0.29, 0.717) is 6.61 Å². The van der Waals surface area contributed by atoms with E-state index >= 15 is 0 Å². The molecule has 0 bridgehead atoms. The van der Waals surface area contributed by atoms with E-state index in [1.54, 1.807) is 0 Å². The predicted molar refractivity (Wildman–Crippen MR) is 102 cm³/mol. The molecule has 0 radical (unpaired) electrons. The van der Waals surface area contributed by atoms with Gasteiger partial charge < -0.3 is 15.4 Å². The maximum Gasteiger partial charge on any atom is 0.122 e. The first-order valence-corrected chi connectivity index (χ1v) is 7.50. The summed E-state index contributed by atoms with van der Waals surface area (Å²) in [4.78, 5) is 0. The average Bonchev–Trinajstić information content (AvgIpc) is 2.53. The van der Waals surface area contributed by atoms with Gasteiger partial charge >= 0.3 is 0 Å². The van der Waals surface area contributed by atoms with Crippen LogP contribution in [0.25, 0.3) is 0 Å². The van der Waals surface area contributed by atoms with E-state index in [0.717, 1.165) is 31.8 Å². The Kier molecular flexibility index (Phi) is 12.5. The number of rotatable bonds is 9. The van der Waals surface area contributed by atoms with Crippen LogP contribution >= 0.6 is 24.8 Å². The van der Waals surface area contributed by atoms with Gasteiger partial charge in [-0.3, -0.25) is 0 Å². The van der Waals surface area contributed by atoms with Crippen molar-refractivity contribution >= 4 is 24.8 Å². The number of hydrogen-bond acceptors (Lipinski definition) is 3. The minimum atomic E-state index is 0. The summed E-state index contributed by atoms with van der Waals surface area (Å²) in [5.41, 5.74) is 2.54. The van der Waals surface area contributed by atoms with Crippen LogP contribution in [0.2, 0.25) is 0 Å². The van der Waals surface area contributed by atoms with Gasteiger partial charge in [-0.2, -0.15) is 0 Å². The molecule has 0 saturated carbocycles. The largest absolute Gasteiger partial charge is 0.492 e. The van der Waals surface area contributed by atoms with Gasteiger partial charge in [-0.1, -0.05) is 48.5 Å². The third kappa shape index (κ3) is 8.24. The average molecular weight is 357 g/mol. The number of nitrogens with one attached hydrogen (secondary N) is 2.